The monoisotopic (exact) mass is 281 g/mol. The summed E-state index contributed by atoms with van der Waals surface area (Å²) in [6, 6.07) is 11.6. The first-order chi connectivity index (χ1) is 7.24. The Kier molecular flexibility index (Phi) is 3.23. The molecule has 1 aromatic heterocycles. The van der Waals surface area contributed by atoms with Crippen LogP contribution in [0.25, 0.3) is 0 Å². The van der Waals surface area contributed by atoms with Crippen molar-refractivity contribution >= 4 is 33.5 Å². The van der Waals surface area contributed by atoms with Crippen molar-refractivity contribution in [2.24, 2.45) is 0 Å². The molecule has 0 saturated carbocycles. The van der Waals surface area contributed by atoms with Gasteiger partial charge >= 0.3 is 0 Å². The van der Waals surface area contributed by atoms with Crippen molar-refractivity contribution in [1.82, 2.24) is 9.97 Å². The summed E-state index contributed by atoms with van der Waals surface area (Å²) in [6.07, 6.45) is 0. The molecule has 1 aromatic carbocycles. The molecular weight excluding hydrogens is 274 g/mol. The minimum Gasteiger partial charge on any atom is -0.384 e. The molecule has 0 aliphatic carbocycles. The molecule has 0 atom stereocenters. The first-order valence-electron chi connectivity index (χ1n) is 4.27. The molecular formula is C10H8BrN3S. The quantitative estimate of drug-likeness (QED) is 0.679. The molecule has 1 heterocycles. The second-order valence-electron chi connectivity index (χ2n) is 2.81. The van der Waals surface area contributed by atoms with E-state index >= 15 is 0 Å². The predicted molar refractivity (Wildman–Crippen MR) is 64.7 cm³/mol. The number of aromatic nitrogens is 2. The molecule has 2 rings (SSSR count). The first-order valence-corrected chi connectivity index (χ1v) is 5.88. The Morgan fingerprint density at radius 2 is 1.87 bits per heavy atom. The van der Waals surface area contributed by atoms with E-state index in [1.54, 1.807) is 6.07 Å². The first kappa shape index (κ1) is 10.4. The third-order valence-corrected chi connectivity index (χ3v) is 2.93. The summed E-state index contributed by atoms with van der Waals surface area (Å²) in [7, 11) is 0. The fourth-order valence-corrected chi connectivity index (χ4v) is 2.37. The van der Waals surface area contributed by atoms with Gasteiger partial charge in [0.25, 0.3) is 0 Å². The lowest BCUT2D eigenvalue weighted by Crippen LogP contribution is -1.94. The van der Waals surface area contributed by atoms with Crippen molar-refractivity contribution < 1.29 is 0 Å². The van der Waals surface area contributed by atoms with Crippen molar-refractivity contribution in [2.45, 2.75) is 10.1 Å². The Morgan fingerprint density at radius 3 is 2.53 bits per heavy atom. The van der Waals surface area contributed by atoms with Crippen LogP contribution in [0.2, 0.25) is 0 Å². The van der Waals surface area contributed by atoms with Gasteiger partial charge in [0.2, 0.25) is 0 Å². The van der Waals surface area contributed by atoms with Crippen LogP contribution in [-0.2, 0) is 0 Å². The van der Waals surface area contributed by atoms with Crippen LogP contribution >= 0.6 is 27.7 Å². The highest BCUT2D eigenvalue weighted by Crippen LogP contribution is 2.25. The average Bonchev–Trinajstić information content (AvgIpc) is 2.17. The zero-order valence-corrected chi connectivity index (χ0v) is 10.1. The van der Waals surface area contributed by atoms with E-state index in [1.807, 2.05) is 30.3 Å². The zero-order valence-electron chi connectivity index (χ0n) is 7.72. The van der Waals surface area contributed by atoms with Crippen molar-refractivity contribution in [3.05, 3.63) is 41.0 Å². The van der Waals surface area contributed by atoms with Crippen LogP contribution in [0.4, 0.5) is 5.82 Å². The summed E-state index contributed by atoms with van der Waals surface area (Å²) in [6.45, 7) is 0. The predicted octanol–water partition coefficient (Wildman–Crippen LogP) is 2.97. The average molecular weight is 282 g/mol. The number of nitrogen functional groups attached to an aromatic ring is 1. The molecule has 0 fully saturated rings. The smallest absolute Gasteiger partial charge is 0.195 e. The van der Waals surface area contributed by atoms with Crippen molar-refractivity contribution in [1.29, 1.82) is 0 Å². The maximum atomic E-state index is 5.62. The minimum atomic E-state index is 0.468. The van der Waals surface area contributed by atoms with Gasteiger partial charge in [-0.3, -0.25) is 0 Å². The fraction of sp³-hybridized carbons (Fsp3) is 0. The van der Waals surface area contributed by atoms with E-state index in [4.69, 9.17) is 5.73 Å². The fourth-order valence-electron chi connectivity index (χ4n) is 1.05. The molecule has 5 heteroatoms. The number of hydrogen-bond donors (Lipinski definition) is 1. The summed E-state index contributed by atoms with van der Waals surface area (Å²) in [4.78, 5) is 9.44. The molecule has 0 radical (unpaired) electrons. The van der Waals surface area contributed by atoms with Gasteiger partial charge < -0.3 is 5.73 Å². The van der Waals surface area contributed by atoms with E-state index in [9.17, 15) is 0 Å². The number of hydrogen-bond acceptors (Lipinski definition) is 4. The van der Waals surface area contributed by atoms with Crippen molar-refractivity contribution in [3.63, 3.8) is 0 Å². The SMILES string of the molecule is Nc1cc(Br)nc(Sc2ccccc2)n1. The van der Waals surface area contributed by atoms with Gasteiger partial charge in [0.05, 0.1) is 0 Å². The standard InChI is InChI=1S/C10H8BrN3S/c11-8-6-9(12)14-10(13-8)15-7-4-2-1-3-5-7/h1-6H,(H2,12,13,14). The van der Waals surface area contributed by atoms with E-state index in [1.165, 1.54) is 11.8 Å². The summed E-state index contributed by atoms with van der Waals surface area (Å²) < 4.78 is 0.702. The molecule has 0 aliphatic rings. The number of nitrogens with two attached hydrogens (primary N) is 1. The molecule has 15 heavy (non-hydrogen) atoms. The second-order valence-corrected chi connectivity index (χ2v) is 4.67. The lowest BCUT2D eigenvalue weighted by atomic mass is 10.4. The van der Waals surface area contributed by atoms with E-state index in [-0.39, 0.29) is 0 Å². The molecule has 0 amide bonds. The van der Waals surface area contributed by atoms with Gasteiger partial charge in [0, 0.05) is 11.0 Å². The van der Waals surface area contributed by atoms with Crippen LogP contribution < -0.4 is 5.73 Å². The maximum absolute atomic E-state index is 5.62. The highest BCUT2D eigenvalue weighted by Gasteiger charge is 2.02. The van der Waals surface area contributed by atoms with Crippen LogP contribution in [0.15, 0.2) is 51.1 Å². The van der Waals surface area contributed by atoms with Gasteiger partial charge in [0.1, 0.15) is 10.4 Å². The molecule has 0 aliphatic heterocycles. The van der Waals surface area contributed by atoms with Crippen LogP contribution in [0.3, 0.4) is 0 Å². The van der Waals surface area contributed by atoms with Crippen LogP contribution in [0, 0.1) is 0 Å². The van der Waals surface area contributed by atoms with Crippen LogP contribution in [-0.4, -0.2) is 9.97 Å². The van der Waals surface area contributed by atoms with Crippen LogP contribution in [0.5, 0.6) is 0 Å². The van der Waals surface area contributed by atoms with E-state index in [2.05, 4.69) is 25.9 Å². The topological polar surface area (TPSA) is 51.8 Å². The van der Waals surface area contributed by atoms with Crippen molar-refractivity contribution in [2.75, 3.05) is 5.73 Å². The molecule has 0 unspecified atom stereocenters. The number of nitrogens with zero attached hydrogens (tertiary/aromatic N) is 2. The molecule has 2 N–H and O–H groups in total. The number of benzene rings is 1. The molecule has 0 saturated heterocycles. The third-order valence-electron chi connectivity index (χ3n) is 1.65. The molecule has 2 aromatic rings. The largest absolute Gasteiger partial charge is 0.384 e. The number of anilines is 1. The summed E-state index contributed by atoms with van der Waals surface area (Å²) in [5.41, 5.74) is 5.62. The summed E-state index contributed by atoms with van der Waals surface area (Å²) >= 11 is 4.77. The van der Waals surface area contributed by atoms with Gasteiger partial charge in [-0.25, -0.2) is 9.97 Å². The van der Waals surface area contributed by atoms with Crippen LogP contribution in [0.1, 0.15) is 0 Å². The van der Waals surface area contributed by atoms with Gasteiger partial charge in [-0.2, -0.15) is 0 Å². The lowest BCUT2D eigenvalue weighted by Gasteiger charge is -2.01. The maximum Gasteiger partial charge on any atom is 0.195 e. The summed E-state index contributed by atoms with van der Waals surface area (Å²) in [5, 5.41) is 0.646. The molecule has 76 valence electrons. The number of halogens is 1. The Bertz CT molecular complexity index is 441. The van der Waals surface area contributed by atoms with Gasteiger partial charge in [-0.1, -0.05) is 18.2 Å². The molecule has 0 spiro atoms. The normalized spacial score (nSPS) is 10.2. The van der Waals surface area contributed by atoms with E-state index in [0.29, 0.717) is 15.6 Å². The third kappa shape index (κ3) is 2.94. The van der Waals surface area contributed by atoms with Crippen molar-refractivity contribution in [3.8, 4) is 0 Å². The van der Waals surface area contributed by atoms with Gasteiger partial charge in [0.15, 0.2) is 5.16 Å². The molecule has 3 nitrogen and oxygen atoms in total. The Labute approximate surface area is 100 Å². The Balaban J connectivity index is 2.25. The van der Waals surface area contributed by atoms with E-state index < -0.39 is 0 Å². The molecule has 0 bridgehead atoms. The number of rotatable bonds is 2. The van der Waals surface area contributed by atoms with Gasteiger partial charge in [-0.05, 0) is 39.8 Å². The Morgan fingerprint density at radius 1 is 1.13 bits per heavy atom. The summed E-state index contributed by atoms with van der Waals surface area (Å²) in [5.74, 6) is 0.468. The highest BCUT2D eigenvalue weighted by atomic mass is 79.9. The Hall–Kier alpha value is -1.07. The second kappa shape index (κ2) is 4.63. The minimum absolute atomic E-state index is 0.468. The lowest BCUT2D eigenvalue weighted by molar-refractivity contribution is 0.957. The van der Waals surface area contributed by atoms with Gasteiger partial charge in [-0.15, -0.1) is 0 Å². The highest BCUT2D eigenvalue weighted by molar-refractivity contribution is 9.10. The zero-order chi connectivity index (χ0) is 10.7. The van der Waals surface area contributed by atoms with E-state index in [0.717, 1.165) is 4.90 Å².